The molecule has 0 aromatic heterocycles. The molecule has 0 unspecified atom stereocenters. The van der Waals surface area contributed by atoms with Gasteiger partial charge in [-0.25, -0.2) is 17.6 Å². The second-order valence-corrected chi connectivity index (χ2v) is 7.42. The Hall–Kier alpha value is -1.84. The summed E-state index contributed by atoms with van der Waals surface area (Å²) in [6.45, 7) is 2.17. The van der Waals surface area contributed by atoms with Gasteiger partial charge in [0.05, 0.1) is 11.0 Å². The number of hydrogen-bond acceptors (Lipinski definition) is 0. The highest BCUT2D eigenvalue weighted by Gasteiger charge is 2.21. The van der Waals surface area contributed by atoms with Crippen molar-refractivity contribution in [2.45, 2.75) is 58.3 Å². The Bertz CT molecular complexity index is 940. The van der Waals surface area contributed by atoms with Crippen LogP contribution in [0.5, 0.6) is 0 Å². The lowest BCUT2D eigenvalue weighted by Gasteiger charge is -2.28. The van der Waals surface area contributed by atoms with Crippen molar-refractivity contribution in [2.75, 3.05) is 0 Å². The maximum atomic E-state index is 15.0. The Morgan fingerprint density at radius 3 is 2.19 bits per heavy atom. The second kappa shape index (κ2) is 8.90. The van der Waals surface area contributed by atoms with Crippen LogP contribution < -0.4 is 0 Å². The average molecular weight is 382 g/mol. The standard InChI is InChI=1S/C23H26F4/c1-2-3-15-4-6-16(7-5-15)8-9-17-12-21(26)23(22(27)13-17)18-10-11-19(24)20(25)14-18/h10-16H,2-9H2,1H3/i10D,11D,12D,14D. The minimum Gasteiger partial charge on any atom is -0.206 e. The zero-order valence-electron chi connectivity index (χ0n) is 19.4. The van der Waals surface area contributed by atoms with Crippen molar-refractivity contribution in [1.29, 1.82) is 0 Å². The molecule has 1 aliphatic rings. The second-order valence-electron chi connectivity index (χ2n) is 7.42. The van der Waals surface area contributed by atoms with E-state index in [1.165, 1.54) is 12.8 Å². The van der Waals surface area contributed by atoms with Crippen molar-refractivity contribution < 1.29 is 23.0 Å². The van der Waals surface area contributed by atoms with Crippen LogP contribution in [0.4, 0.5) is 17.6 Å². The van der Waals surface area contributed by atoms with Gasteiger partial charge in [0.2, 0.25) is 0 Å². The minimum atomic E-state index is -1.75. The third-order valence-corrected chi connectivity index (χ3v) is 5.49. The third kappa shape index (κ3) is 4.91. The lowest BCUT2D eigenvalue weighted by atomic mass is 9.78. The van der Waals surface area contributed by atoms with Crippen LogP contribution >= 0.6 is 0 Å². The molecule has 0 nitrogen and oxygen atoms in total. The molecule has 146 valence electrons. The molecule has 0 radical (unpaired) electrons. The SMILES string of the molecule is [2H]c1c([2H])c(-c2c(F)cc(CCC3CCC(CCC)CC3)c([2H])c2F)c([2H])c(F)c1F. The molecule has 0 aliphatic heterocycles. The topological polar surface area (TPSA) is 0 Å². The normalized spacial score (nSPS) is 22.1. The Morgan fingerprint density at radius 1 is 0.852 bits per heavy atom. The van der Waals surface area contributed by atoms with Crippen LogP contribution in [0.25, 0.3) is 11.1 Å². The van der Waals surface area contributed by atoms with E-state index in [-0.39, 0.29) is 5.56 Å². The van der Waals surface area contributed by atoms with Gasteiger partial charge in [0.1, 0.15) is 11.6 Å². The monoisotopic (exact) mass is 382 g/mol. The summed E-state index contributed by atoms with van der Waals surface area (Å²) in [7, 11) is 0. The fraction of sp³-hybridized carbons (Fsp3) is 0.478. The van der Waals surface area contributed by atoms with Crippen LogP contribution in [-0.2, 0) is 6.42 Å². The Balaban J connectivity index is 1.86. The Kier molecular flexibility index (Phi) is 4.99. The predicted molar refractivity (Wildman–Crippen MR) is 100 cm³/mol. The largest absolute Gasteiger partial charge is 0.206 e. The number of aryl methyl sites for hydroxylation is 1. The first-order valence-electron chi connectivity index (χ1n) is 11.6. The van der Waals surface area contributed by atoms with E-state index in [2.05, 4.69) is 6.92 Å². The first-order valence-corrected chi connectivity index (χ1v) is 9.59. The van der Waals surface area contributed by atoms with E-state index in [1.807, 2.05) is 0 Å². The fourth-order valence-corrected chi connectivity index (χ4v) is 4.00. The summed E-state index contributed by atoms with van der Waals surface area (Å²) in [5.41, 5.74) is -1.62. The molecular formula is C23H26F4. The van der Waals surface area contributed by atoms with E-state index in [4.69, 9.17) is 5.48 Å². The average Bonchev–Trinajstić information content (AvgIpc) is 2.76. The molecule has 1 aliphatic carbocycles. The Morgan fingerprint density at radius 2 is 1.52 bits per heavy atom. The van der Waals surface area contributed by atoms with Gasteiger partial charge in [-0.05, 0) is 60.0 Å². The van der Waals surface area contributed by atoms with Crippen LogP contribution in [0.1, 0.15) is 62.9 Å². The molecule has 0 spiro atoms. The molecule has 27 heavy (non-hydrogen) atoms. The number of rotatable bonds is 6. The highest BCUT2D eigenvalue weighted by Crippen LogP contribution is 2.34. The van der Waals surface area contributed by atoms with Gasteiger partial charge in [0.25, 0.3) is 0 Å². The van der Waals surface area contributed by atoms with Gasteiger partial charge in [-0.15, -0.1) is 0 Å². The highest BCUT2D eigenvalue weighted by molar-refractivity contribution is 5.65. The molecule has 0 atom stereocenters. The van der Waals surface area contributed by atoms with Gasteiger partial charge in [-0.2, -0.15) is 0 Å². The first-order chi connectivity index (χ1) is 14.7. The van der Waals surface area contributed by atoms with Gasteiger partial charge >= 0.3 is 0 Å². The molecule has 0 amide bonds. The van der Waals surface area contributed by atoms with E-state index < -0.39 is 58.6 Å². The number of halogens is 4. The fourth-order valence-electron chi connectivity index (χ4n) is 4.00. The van der Waals surface area contributed by atoms with Gasteiger partial charge in [0.15, 0.2) is 11.6 Å². The molecule has 0 N–H and O–H groups in total. The van der Waals surface area contributed by atoms with Crippen molar-refractivity contribution in [2.24, 2.45) is 11.8 Å². The molecule has 1 saturated carbocycles. The lowest BCUT2D eigenvalue weighted by Crippen LogP contribution is -2.15. The summed E-state index contributed by atoms with van der Waals surface area (Å²) in [5.74, 6) is -4.75. The summed E-state index contributed by atoms with van der Waals surface area (Å²) >= 11 is 0. The zero-order chi connectivity index (χ0) is 22.9. The van der Waals surface area contributed by atoms with Crippen LogP contribution in [0.3, 0.4) is 0 Å². The molecule has 3 rings (SSSR count). The molecule has 2 aromatic carbocycles. The van der Waals surface area contributed by atoms with Crippen LogP contribution in [0.2, 0.25) is 0 Å². The highest BCUT2D eigenvalue weighted by atomic mass is 19.2. The van der Waals surface area contributed by atoms with E-state index in [0.717, 1.165) is 37.7 Å². The molecule has 0 bridgehead atoms. The van der Waals surface area contributed by atoms with Crippen molar-refractivity contribution >= 4 is 0 Å². The van der Waals surface area contributed by atoms with Crippen LogP contribution in [-0.4, -0.2) is 0 Å². The smallest absolute Gasteiger partial charge is 0.159 e. The van der Waals surface area contributed by atoms with Gasteiger partial charge in [-0.3, -0.25) is 0 Å². The molecule has 2 aromatic rings. The number of hydrogen-bond donors (Lipinski definition) is 0. The first kappa shape index (κ1) is 15.1. The van der Waals surface area contributed by atoms with Crippen molar-refractivity contribution in [1.82, 2.24) is 0 Å². The summed E-state index contributed by atoms with van der Waals surface area (Å²) in [4.78, 5) is 0. The van der Waals surface area contributed by atoms with Crippen molar-refractivity contribution in [3.8, 4) is 11.1 Å². The maximum absolute atomic E-state index is 15.0. The lowest BCUT2D eigenvalue weighted by molar-refractivity contribution is 0.252. The molecule has 0 heterocycles. The van der Waals surface area contributed by atoms with Gasteiger partial charge in [0, 0.05) is 0 Å². The van der Waals surface area contributed by atoms with Gasteiger partial charge in [-0.1, -0.05) is 51.5 Å². The van der Waals surface area contributed by atoms with E-state index in [0.29, 0.717) is 18.8 Å². The quantitative estimate of drug-likeness (QED) is 0.455. The minimum absolute atomic E-state index is 0.168. The van der Waals surface area contributed by atoms with E-state index in [9.17, 15) is 17.6 Å². The van der Waals surface area contributed by atoms with E-state index in [1.54, 1.807) is 0 Å². The van der Waals surface area contributed by atoms with Crippen molar-refractivity contribution in [3.05, 3.63) is 59.1 Å². The summed E-state index contributed by atoms with van der Waals surface area (Å²) < 4.78 is 88.3. The zero-order valence-corrected chi connectivity index (χ0v) is 15.4. The number of benzene rings is 2. The predicted octanol–water partition coefficient (Wildman–Crippen LogP) is 7.45. The third-order valence-electron chi connectivity index (χ3n) is 5.49. The van der Waals surface area contributed by atoms with Gasteiger partial charge < -0.3 is 0 Å². The maximum Gasteiger partial charge on any atom is 0.159 e. The molecule has 1 fully saturated rings. The van der Waals surface area contributed by atoms with Crippen molar-refractivity contribution in [3.63, 3.8) is 0 Å². The van der Waals surface area contributed by atoms with E-state index >= 15 is 0 Å². The summed E-state index contributed by atoms with van der Waals surface area (Å²) in [5, 5.41) is 0. The summed E-state index contributed by atoms with van der Waals surface area (Å²) in [6.07, 6.45) is 7.84. The molecular weight excluding hydrogens is 352 g/mol. The molecule has 0 saturated heterocycles. The Labute approximate surface area is 164 Å². The summed E-state index contributed by atoms with van der Waals surface area (Å²) in [6, 6.07) is -2.97. The molecule has 4 heteroatoms. The van der Waals surface area contributed by atoms with Crippen LogP contribution in [0, 0.1) is 35.1 Å². The van der Waals surface area contributed by atoms with Crippen LogP contribution in [0.15, 0.2) is 30.2 Å².